The highest BCUT2D eigenvalue weighted by atomic mass is 16.4. The largest absolute Gasteiger partial charge is 0.420 e. The first-order chi connectivity index (χ1) is 6.20. The van der Waals surface area contributed by atoms with Crippen LogP contribution >= 0.6 is 0 Å². The van der Waals surface area contributed by atoms with Crippen LogP contribution in [0, 0.1) is 0 Å². The van der Waals surface area contributed by atoms with Gasteiger partial charge in [0.25, 0.3) is 0 Å². The Morgan fingerprint density at radius 2 is 2.38 bits per heavy atom. The SMILES string of the molecule is C=Nc1c(C/C=C\C)oc(=O)n1C. The average Bonchev–Trinajstić information content (AvgIpc) is 2.39. The fourth-order valence-electron chi connectivity index (χ4n) is 1.05. The van der Waals surface area contributed by atoms with E-state index < -0.39 is 5.76 Å². The number of oxazole rings is 1. The average molecular weight is 180 g/mol. The van der Waals surface area contributed by atoms with Gasteiger partial charge in [-0.2, -0.15) is 0 Å². The molecule has 0 saturated heterocycles. The van der Waals surface area contributed by atoms with Gasteiger partial charge in [-0.1, -0.05) is 12.2 Å². The monoisotopic (exact) mass is 180 g/mol. The lowest BCUT2D eigenvalue weighted by atomic mass is 10.3. The molecule has 1 rings (SSSR count). The summed E-state index contributed by atoms with van der Waals surface area (Å²) in [7, 11) is 1.61. The number of allylic oxidation sites excluding steroid dienone is 2. The fraction of sp³-hybridized carbons (Fsp3) is 0.333. The molecule has 0 spiro atoms. The summed E-state index contributed by atoms with van der Waals surface area (Å²) in [5.74, 6) is 0.658. The van der Waals surface area contributed by atoms with Crippen molar-refractivity contribution < 1.29 is 4.42 Å². The Labute approximate surface area is 76.2 Å². The van der Waals surface area contributed by atoms with Crippen LogP contribution < -0.4 is 5.76 Å². The van der Waals surface area contributed by atoms with Gasteiger partial charge < -0.3 is 4.42 Å². The standard InChI is InChI=1S/C9H12N2O2/c1-4-5-6-7-8(10-2)11(3)9(12)13-7/h4-5H,2,6H2,1,3H3/b5-4-. The van der Waals surface area contributed by atoms with Crippen LogP contribution in [0.3, 0.4) is 0 Å². The fourth-order valence-corrected chi connectivity index (χ4v) is 1.05. The molecule has 1 aromatic rings. The molecule has 0 unspecified atom stereocenters. The second-order valence-electron chi connectivity index (χ2n) is 2.61. The molecular weight excluding hydrogens is 168 g/mol. The van der Waals surface area contributed by atoms with E-state index in [1.54, 1.807) is 7.05 Å². The van der Waals surface area contributed by atoms with Gasteiger partial charge in [-0.3, -0.25) is 4.57 Å². The number of nitrogens with zero attached hydrogens (tertiary/aromatic N) is 2. The van der Waals surface area contributed by atoms with Gasteiger partial charge in [0, 0.05) is 13.5 Å². The Morgan fingerprint density at radius 1 is 1.69 bits per heavy atom. The number of rotatable bonds is 3. The van der Waals surface area contributed by atoms with Crippen molar-refractivity contribution in [3.8, 4) is 0 Å². The van der Waals surface area contributed by atoms with E-state index in [4.69, 9.17) is 4.42 Å². The van der Waals surface area contributed by atoms with Crippen molar-refractivity contribution in [1.82, 2.24) is 4.57 Å². The van der Waals surface area contributed by atoms with Crippen LogP contribution in [0.1, 0.15) is 12.7 Å². The summed E-state index contributed by atoms with van der Waals surface area (Å²) in [5.41, 5.74) is 0. The van der Waals surface area contributed by atoms with Crippen LogP contribution in [0.25, 0.3) is 0 Å². The molecular formula is C9H12N2O2. The number of hydrogen-bond acceptors (Lipinski definition) is 3. The predicted octanol–water partition coefficient (Wildman–Crippen LogP) is 1.43. The molecule has 0 amide bonds. The van der Waals surface area contributed by atoms with E-state index >= 15 is 0 Å². The maximum Gasteiger partial charge on any atom is 0.420 e. The molecule has 1 aromatic heterocycles. The lowest BCUT2D eigenvalue weighted by Crippen LogP contribution is -2.07. The van der Waals surface area contributed by atoms with E-state index in [-0.39, 0.29) is 0 Å². The van der Waals surface area contributed by atoms with E-state index in [1.807, 2.05) is 19.1 Å². The van der Waals surface area contributed by atoms with Gasteiger partial charge in [-0.05, 0) is 13.6 Å². The first-order valence-corrected chi connectivity index (χ1v) is 3.97. The molecule has 0 atom stereocenters. The van der Waals surface area contributed by atoms with Crippen LogP contribution in [0.2, 0.25) is 0 Å². The van der Waals surface area contributed by atoms with Gasteiger partial charge in [-0.25, -0.2) is 9.79 Å². The summed E-state index contributed by atoms with van der Waals surface area (Å²) in [6, 6.07) is 0. The van der Waals surface area contributed by atoms with E-state index in [9.17, 15) is 4.79 Å². The van der Waals surface area contributed by atoms with Crippen molar-refractivity contribution in [3.05, 3.63) is 28.5 Å². The van der Waals surface area contributed by atoms with Crippen molar-refractivity contribution in [3.63, 3.8) is 0 Å². The Bertz CT molecular complexity index is 385. The summed E-state index contributed by atoms with van der Waals surface area (Å²) >= 11 is 0. The molecule has 1 heterocycles. The minimum atomic E-state index is -0.401. The van der Waals surface area contributed by atoms with Crippen molar-refractivity contribution in [2.24, 2.45) is 12.0 Å². The second-order valence-corrected chi connectivity index (χ2v) is 2.61. The maximum absolute atomic E-state index is 11.1. The maximum atomic E-state index is 11.1. The first kappa shape index (κ1) is 9.51. The molecule has 0 saturated carbocycles. The van der Waals surface area contributed by atoms with Crippen LogP contribution in [0.4, 0.5) is 5.82 Å². The molecule has 0 radical (unpaired) electrons. The summed E-state index contributed by atoms with van der Waals surface area (Å²) < 4.78 is 6.30. The first-order valence-electron chi connectivity index (χ1n) is 3.97. The van der Waals surface area contributed by atoms with Crippen molar-refractivity contribution in [2.75, 3.05) is 0 Å². The Balaban J connectivity index is 3.13. The van der Waals surface area contributed by atoms with E-state index in [2.05, 4.69) is 11.7 Å². The molecule has 0 bridgehead atoms. The minimum absolute atomic E-state index is 0.401. The normalized spacial score (nSPS) is 10.9. The van der Waals surface area contributed by atoms with Gasteiger partial charge in [0.05, 0.1) is 0 Å². The predicted molar refractivity (Wildman–Crippen MR) is 51.7 cm³/mol. The Morgan fingerprint density at radius 3 is 2.92 bits per heavy atom. The highest BCUT2D eigenvalue weighted by molar-refractivity contribution is 5.43. The van der Waals surface area contributed by atoms with Gasteiger partial charge in [0.2, 0.25) is 0 Å². The third kappa shape index (κ3) is 1.77. The molecule has 0 aliphatic rings. The third-order valence-electron chi connectivity index (χ3n) is 1.74. The Kier molecular flexibility index (Phi) is 2.84. The van der Waals surface area contributed by atoms with Gasteiger partial charge in [0.15, 0.2) is 11.6 Å². The van der Waals surface area contributed by atoms with Crippen LogP contribution in [0.5, 0.6) is 0 Å². The third-order valence-corrected chi connectivity index (χ3v) is 1.74. The molecule has 4 heteroatoms. The molecule has 13 heavy (non-hydrogen) atoms. The molecule has 70 valence electrons. The van der Waals surface area contributed by atoms with Crippen molar-refractivity contribution in [2.45, 2.75) is 13.3 Å². The van der Waals surface area contributed by atoms with Crippen LogP contribution in [-0.2, 0) is 13.5 Å². The van der Waals surface area contributed by atoms with E-state index in [0.717, 1.165) is 0 Å². The topological polar surface area (TPSA) is 47.5 Å². The quantitative estimate of drug-likeness (QED) is 0.521. The van der Waals surface area contributed by atoms with Gasteiger partial charge >= 0.3 is 5.76 Å². The smallest absolute Gasteiger partial charge is 0.410 e. The van der Waals surface area contributed by atoms with Crippen LogP contribution in [-0.4, -0.2) is 11.3 Å². The highest BCUT2D eigenvalue weighted by Crippen LogP contribution is 2.16. The van der Waals surface area contributed by atoms with Gasteiger partial charge in [-0.15, -0.1) is 0 Å². The molecule has 0 aliphatic carbocycles. The van der Waals surface area contributed by atoms with Crippen molar-refractivity contribution >= 4 is 12.5 Å². The lowest BCUT2D eigenvalue weighted by Gasteiger charge is -1.92. The Hall–Kier alpha value is -1.58. The summed E-state index contributed by atoms with van der Waals surface area (Å²) in [5, 5.41) is 0. The zero-order valence-corrected chi connectivity index (χ0v) is 7.78. The molecule has 0 aromatic carbocycles. The summed E-state index contributed by atoms with van der Waals surface area (Å²) in [4.78, 5) is 14.8. The zero-order chi connectivity index (χ0) is 9.84. The van der Waals surface area contributed by atoms with E-state index in [1.165, 1.54) is 4.57 Å². The number of hydrogen-bond donors (Lipinski definition) is 0. The van der Waals surface area contributed by atoms with Crippen LogP contribution in [0.15, 0.2) is 26.4 Å². The zero-order valence-electron chi connectivity index (χ0n) is 7.78. The number of aliphatic imine (C=N–C) groups is 1. The van der Waals surface area contributed by atoms with Crippen molar-refractivity contribution in [1.29, 1.82) is 0 Å². The molecule has 0 N–H and O–H groups in total. The summed E-state index contributed by atoms with van der Waals surface area (Å²) in [6.45, 7) is 5.28. The molecule has 0 aliphatic heterocycles. The number of aromatic nitrogens is 1. The molecule has 0 fully saturated rings. The second kappa shape index (κ2) is 3.89. The molecule has 4 nitrogen and oxygen atoms in total. The summed E-state index contributed by atoms with van der Waals surface area (Å²) in [6.07, 6.45) is 4.35. The lowest BCUT2D eigenvalue weighted by molar-refractivity contribution is 0.464. The minimum Gasteiger partial charge on any atom is -0.410 e. The van der Waals surface area contributed by atoms with Gasteiger partial charge in [0.1, 0.15) is 0 Å². The van der Waals surface area contributed by atoms with E-state index in [0.29, 0.717) is 18.0 Å². The highest BCUT2D eigenvalue weighted by Gasteiger charge is 2.10.